The average Bonchev–Trinajstić information content (AvgIpc) is 2.68. The van der Waals surface area contributed by atoms with Crippen molar-refractivity contribution in [1.82, 2.24) is 4.98 Å². The quantitative estimate of drug-likeness (QED) is 0.126. The number of hydrogen-bond donors (Lipinski definition) is 0. The van der Waals surface area contributed by atoms with Crippen LogP contribution in [0.5, 0.6) is 0 Å². The summed E-state index contributed by atoms with van der Waals surface area (Å²) < 4.78 is 49.9. The first kappa shape index (κ1) is 28.4. The molecule has 0 atom stereocenters. The Morgan fingerprint density at radius 3 is 1.48 bits per heavy atom. The minimum Gasteiger partial charge on any atom is -0.445 e. The molecule has 0 aliphatic rings. The van der Waals surface area contributed by atoms with Crippen molar-refractivity contribution in [2.24, 2.45) is 0 Å². The van der Waals surface area contributed by atoms with Gasteiger partial charge in [0.15, 0.2) is 0 Å². The summed E-state index contributed by atoms with van der Waals surface area (Å²) in [4.78, 5) is 3.30. The molecule has 170 valence electrons. The molecule has 1 aromatic rings. The van der Waals surface area contributed by atoms with Gasteiger partial charge in [-0.15, -0.1) is 0 Å². The number of halogens is 5. The SMILES string of the molecule is CCCC[N+](CCCC)(CCCC)CCCC.Fc1cnc(Br)cc1[B-](F)(F)F. The third kappa shape index (κ3) is 12.0. The second kappa shape index (κ2) is 15.2. The van der Waals surface area contributed by atoms with Crippen molar-refractivity contribution in [3.8, 4) is 0 Å². The minimum atomic E-state index is -5.29. The molecular weight excluding hydrogens is 447 g/mol. The summed E-state index contributed by atoms with van der Waals surface area (Å²) in [6.45, 7) is 9.72. The molecule has 0 aliphatic heterocycles. The highest BCUT2D eigenvalue weighted by Gasteiger charge is 2.29. The van der Waals surface area contributed by atoms with Crippen LogP contribution < -0.4 is 5.46 Å². The molecule has 0 N–H and O–H groups in total. The van der Waals surface area contributed by atoms with E-state index < -0.39 is 18.3 Å². The molecule has 0 amide bonds. The molecule has 8 heteroatoms. The fraction of sp³-hybridized carbons (Fsp3) is 0.762. The fourth-order valence-electron chi connectivity index (χ4n) is 3.32. The van der Waals surface area contributed by atoms with E-state index in [9.17, 15) is 17.3 Å². The van der Waals surface area contributed by atoms with Crippen molar-refractivity contribution >= 4 is 28.4 Å². The highest BCUT2D eigenvalue weighted by Crippen LogP contribution is 2.16. The van der Waals surface area contributed by atoms with Gasteiger partial charge in [0.25, 0.3) is 0 Å². The van der Waals surface area contributed by atoms with Crippen LogP contribution in [0.4, 0.5) is 17.3 Å². The normalized spacial score (nSPS) is 11.9. The van der Waals surface area contributed by atoms with E-state index in [1.165, 1.54) is 82.0 Å². The Hall–Kier alpha value is -0.625. The van der Waals surface area contributed by atoms with Crippen LogP contribution in [-0.2, 0) is 0 Å². The predicted molar refractivity (Wildman–Crippen MR) is 120 cm³/mol. The number of nitrogens with zero attached hydrogens (tertiary/aromatic N) is 2. The summed E-state index contributed by atoms with van der Waals surface area (Å²) in [5, 5.41) is 0. The van der Waals surface area contributed by atoms with Crippen LogP contribution in [0.15, 0.2) is 16.9 Å². The second-order valence-electron chi connectivity index (χ2n) is 7.75. The maximum Gasteiger partial charge on any atom is 0.512 e. The zero-order valence-corrected chi connectivity index (χ0v) is 20.1. The molecular formula is C21H38BBrF4N2. The van der Waals surface area contributed by atoms with Gasteiger partial charge in [-0.2, -0.15) is 0 Å². The molecule has 0 saturated heterocycles. The molecule has 0 saturated carbocycles. The van der Waals surface area contributed by atoms with Crippen molar-refractivity contribution in [2.45, 2.75) is 79.1 Å². The zero-order chi connectivity index (χ0) is 22.3. The van der Waals surface area contributed by atoms with Gasteiger partial charge in [0.2, 0.25) is 0 Å². The molecule has 2 nitrogen and oxygen atoms in total. The smallest absolute Gasteiger partial charge is 0.445 e. The maximum absolute atomic E-state index is 12.5. The van der Waals surface area contributed by atoms with Crippen LogP contribution in [0.1, 0.15) is 79.1 Å². The van der Waals surface area contributed by atoms with Gasteiger partial charge in [-0.3, -0.25) is 0 Å². The largest absolute Gasteiger partial charge is 0.512 e. The van der Waals surface area contributed by atoms with Crippen LogP contribution in [0.2, 0.25) is 0 Å². The van der Waals surface area contributed by atoms with E-state index in [4.69, 9.17) is 0 Å². The summed E-state index contributed by atoms with van der Waals surface area (Å²) in [7, 11) is 0. The fourth-order valence-corrected chi connectivity index (χ4v) is 3.67. The van der Waals surface area contributed by atoms with Crippen molar-refractivity contribution in [3.63, 3.8) is 0 Å². The number of hydrogen-bond acceptors (Lipinski definition) is 1. The van der Waals surface area contributed by atoms with Gasteiger partial charge in [-0.25, -0.2) is 9.37 Å². The van der Waals surface area contributed by atoms with E-state index in [-0.39, 0.29) is 4.60 Å². The summed E-state index contributed by atoms with van der Waals surface area (Å²) in [6, 6.07) is 0.620. The Morgan fingerprint density at radius 2 is 1.21 bits per heavy atom. The Labute approximate surface area is 183 Å². The van der Waals surface area contributed by atoms with Crippen molar-refractivity contribution < 1.29 is 21.8 Å². The first-order chi connectivity index (χ1) is 13.7. The van der Waals surface area contributed by atoms with Crippen LogP contribution >= 0.6 is 15.9 Å². The topological polar surface area (TPSA) is 12.9 Å². The standard InChI is InChI=1S/C16H36N.C5H2BBrF4N/c1-5-9-13-17(14-10-6-2,15-11-7-3)16-12-8-4;7-5-1-3(6(9,10)11)4(8)2-12-5/h5-16H2,1-4H3;1-2H/q+1;-1. The van der Waals surface area contributed by atoms with Crippen LogP contribution in [-0.4, -0.2) is 42.6 Å². The van der Waals surface area contributed by atoms with Crippen molar-refractivity contribution in [3.05, 3.63) is 22.7 Å². The van der Waals surface area contributed by atoms with Gasteiger partial charge in [-0.05, 0) is 41.6 Å². The van der Waals surface area contributed by atoms with Crippen LogP contribution in [0.25, 0.3) is 0 Å². The molecule has 0 fully saturated rings. The molecule has 1 rings (SSSR count). The molecule has 1 aromatic heterocycles. The zero-order valence-electron chi connectivity index (χ0n) is 18.5. The lowest BCUT2D eigenvalue weighted by atomic mass is 9.80. The third-order valence-electron chi connectivity index (χ3n) is 5.15. The van der Waals surface area contributed by atoms with E-state index in [0.29, 0.717) is 12.3 Å². The lowest BCUT2D eigenvalue weighted by molar-refractivity contribution is -0.929. The number of quaternary nitrogens is 1. The Bertz CT molecular complexity index is 518. The average molecular weight is 485 g/mol. The molecule has 29 heavy (non-hydrogen) atoms. The maximum atomic E-state index is 12.5. The lowest BCUT2D eigenvalue weighted by Crippen LogP contribution is -2.50. The summed E-state index contributed by atoms with van der Waals surface area (Å²) in [6.07, 6.45) is 11.6. The van der Waals surface area contributed by atoms with E-state index in [1.54, 1.807) is 0 Å². The first-order valence-corrected chi connectivity index (χ1v) is 11.8. The number of pyridine rings is 1. The minimum absolute atomic E-state index is 0.0295. The molecule has 0 aromatic carbocycles. The second-order valence-corrected chi connectivity index (χ2v) is 8.57. The highest BCUT2D eigenvalue weighted by atomic mass is 79.9. The molecule has 0 spiro atoms. The highest BCUT2D eigenvalue weighted by molar-refractivity contribution is 9.10. The first-order valence-electron chi connectivity index (χ1n) is 11.0. The van der Waals surface area contributed by atoms with Gasteiger partial charge in [-0.1, -0.05) is 64.9 Å². The van der Waals surface area contributed by atoms with Crippen molar-refractivity contribution in [2.75, 3.05) is 26.2 Å². The van der Waals surface area contributed by atoms with Crippen LogP contribution in [0.3, 0.4) is 0 Å². The molecule has 0 unspecified atom stereocenters. The van der Waals surface area contributed by atoms with Gasteiger partial charge < -0.3 is 17.4 Å². The Morgan fingerprint density at radius 1 is 0.828 bits per heavy atom. The number of rotatable bonds is 13. The van der Waals surface area contributed by atoms with Gasteiger partial charge in [0.05, 0.1) is 32.4 Å². The lowest BCUT2D eigenvalue weighted by Gasteiger charge is -2.39. The molecule has 0 bridgehead atoms. The Kier molecular flexibility index (Phi) is 14.9. The van der Waals surface area contributed by atoms with Gasteiger partial charge in [0, 0.05) is 0 Å². The number of unbranched alkanes of at least 4 members (excludes halogenated alkanes) is 4. The molecule has 0 aliphatic carbocycles. The van der Waals surface area contributed by atoms with Gasteiger partial charge >= 0.3 is 6.98 Å². The summed E-state index contributed by atoms with van der Waals surface area (Å²) in [5.41, 5.74) is -1.25. The molecule has 1 heterocycles. The van der Waals surface area contributed by atoms with E-state index in [0.717, 1.165) is 0 Å². The number of aromatic nitrogens is 1. The van der Waals surface area contributed by atoms with E-state index >= 15 is 0 Å². The third-order valence-corrected chi connectivity index (χ3v) is 5.58. The van der Waals surface area contributed by atoms with Crippen molar-refractivity contribution in [1.29, 1.82) is 0 Å². The summed E-state index contributed by atoms with van der Waals surface area (Å²) >= 11 is 2.72. The van der Waals surface area contributed by atoms with E-state index in [2.05, 4.69) is 48.6 Å². The summed E-state index contributed by atoms with van der Waals surface area (Å²) in [5.74, 6) is -1.34. The predicted octanol–water partition coefficient (Wildman–Crippen LogP) is 7.04. The van der Waals surface area contributed by atoms with Crippen LogP contribution in [0, 0.1) is 5.82 Å². The monoisotopic (exact) mass is 484 g/mol. The van der Waals surface area contributed by atoms with Gasteiger partial charge in [0.1, 0.15) is 10.4 Å². The van der Waals surface area contributed by atoms with E-state index in [1.807, 2.05) is 0 Å². The Balaban J connectivity index is 0.000000571. The molecule has 0 radical (unpaired) electrons.